The van der Waals surface area contributed by atoms with Crippen LogP contribution in [0.15, 0.2) is 12.1 Å². The molecule has 1 heterocycles. The Balaban J connectivity index is 2.46. The first-order valence-corrected chi connectivity index (χ1v) is 6.10. The van der Waals surface area contributed by atoms with E-state index in [2.05, 4.69) is 5.32 Å². The SMILES string of the molecule is Oc1cc(C(F)(F)F)c(C2CCCCN2)cc1Cl. The quantitative estimate of drug-likeness (QED) is 0.818. The first kappa shape index (κ1) is 13.5. The summed E-state index contributed by atoms with van der Waals surface area (Å²) in [6.07, 6.45) is -2.00. The number of halogens is 4. The van der Waals surface area contributed by atoms with Crippen molar-refractivity contribution in [2.75, 3.05) is 6.54 Å². The fraction of sp³-hybridized carbons (Fsp3) is 0.500. The van der Waals surface area contributed by atoms with Crippen LogP contribution in [0.3, 0.4) is 0 Å². The Morgan fingerprint density at radius 2 is 2.00 bits per heavy atom. The van der Waals surface area contributed by atoms with Crippen molar-refractivity contribution in [3.8, 4) is 5.75 Å². The summed E-state index contributed by atoms with van der Waals surface area (Å²) in [6, 6.07) is 1.56. The van der Waals surface area contributed by atoms with Crippen molar-refractivity contribution in [3.05, 3.63) is 28.3 Å². The number of aromatic hydroxyl groups is 1. The Labute approximate surface area is 108 Å². The number of hydrogen-bond donors (Lipinski definition) is 2. The lowest BCUT2D eigenvalue weighted by molar-refractivity contribution is -0.138. The predicted molar refractivity (Wildman–Crippen MR) is 62.7 cm³/mol. The third kappa shape index (κ3) is 2.72. The Hall–Kier alpha value is -0.940. The van der Waals surface area contributed by atoms with E-state index in [1.165, 1.54) is 6.07 Å². The van der Waals surface area contributed by atoms with E-state index in [1.807, 2.05) is 0 Å². The first-order valence-electron chi connectivity index (χ1n) is 5.72. The van der Waals surface area contributed by atoms with Gasteiger partial charge in [0.1, 0.15) is 5.75 Å². The van der Waals surface area contributed by atoms with E-state index in [4.69, 9.17) is 11.6 Å². The highest BCUT2D eigenvalue weighted by atomic mass is 35.5. The molecular weight excluding hydrogens is 267 g/mol. The molecule has 6 heteroatoms. The average Bonchev–Trinajstić information content (AvgIpc) is 2.32. The van der Waals surface area contributed by atoms with Gasteiger partial charge >= 0.3 is 6.18 Å². The zero-order valence-electron chi connectivity index (χ0n) is 9.52. The molecule has 18 heavy (non-hydrogen) atoms. The molecule has 1 aliphatic rings. The van der Waals surface area contributed by atoms with E-state index >= 15 is 0 Å². The second kappa shape index (κ2) is 4.97. The minimum atomic E-state index is -4.49. The molecule has 1 saturated heterocycles. The summed E-state index contributed by atoms with van der Waals surface area (Å²) < 4.78 is 38.8. The standard InChI is InChI=1S/C12H13ClF3NO/c13-9-5-7(10-3-1-2-4-17-10)8(6-11(9)18)12(14,15)16/h5-6,10,17-18H,1-4H2. The van der Waals surface area contributed by atoms with Gasteiger partial charge in [0.15, 0.2) is 0 Å². The molecule has 0 amide bonds. The fourth-order valence-corrected chi connectivity index (χ4v) is 2.40. The van der Waals surface area contributed by atoms with E-state index in [0.29, 0.717) is 19.0 Å². The number of nitrogens with one attached hydrogen (secondary N) is 1. The number of piperidine rings is 1. The molecule has 0 radical (unpaired) electrons. The third-order valence-electron chi connectivity index (χ3n) is 3.11. The van der Waals surface area contributed by atoms with Crippen LogP contribution in [0.1, 0.15) is 36.4 Å². The Kier molecular flexibility index (Phi) is 3.73. The molecule has 2 N–H and O–H groups in total. The lowest BCUT2D eigenvalue weighted by atomic mass is 9.93. The zero-order chi connectivity index (χ0) is 13.3. The van der Waals surface area contributed by atoms with E-state index in [-0.39, 0.29) is 16.6 Å². The van der Waals surface area contributed by atoms with Crippen molar-refractivity contribution < 1.29 is 18.3 Å². The number of alkyl halides is 3. The van der Waals surface area contributed by atoms with Crippen LogP contribution in [-0.2, 0) is 6.18 Å². The Morgan fingerprint density at radius 3 is 2.56 bits per heavy atom. The molecule has 1 unspecified atom stereocenters. The minimum absolute atomic E-state index is 0.0506. The van der Waals surface area contributed by atoms with Gasteiger partial charge in [0.05, 0.1) is 10.6 Å². The first-order chi connectivity index (χ1) is 8.39. The van der Waals surface area contributed by atoms with E-state index in [0.717, 1.165) is 12.8 Å². The van der Waals surface area contributed by atoms with Crippen molar-refractivity contribution in [1.29, 1.82) is 0 Å². The van der Waals surface area contributed by atoms with Crippen molar-refractivity contribution in [1.82, 2.24) is 5.32 Å². The molecule has 1 aliphatic heterocycles. The molecule has 0 aromatic heterocycles. The van der Waals surface area contributed by atoms with Gasteiger partial charge in [-0.25, -0.2) is 0 Å². The van der Waals surface area contributed by atoms with Gasteiger partial charge in [0, 0.05) is 6.04 Å². The van der Waals surface area contributed by atoms with Crippen LogP contribution < -0.4 is 5.32 Å². The van der Waals surface area contributed by atoms with Crippen LogP contribution in [0.25, 0.3) is 0 Å². The van der Waals surface area contributed by atoms with E-state index < -0.39 is 17.5 Å². The second-order valence-electron chi connectivity index (χ2n) is 4.39. The van der Waals surface area contributed by atoms with Gasteiger partial charge in [-0.15, -0.1) is 0 Å². The molecule has 0 saturated carbocycles. The lowest BCUT2D eigenvalue weighted by Gasteiger charge is -2.27. The summed E-state index contributed by atoms with van der Waals surface area (Å²) >= 11 is 5.71. The summed E-state index contributed by atoms with van der Waals surface area (Å²) in [6.45, 7) is 0.695. The molecule has 1 atom stereocenters. The molecule has 1 fully saturated rings. The summed E-state index contributed by atoms with van der Waals surface area (Å²) in [7, 11) is 0. The maximum absolute atomic E-state index is 12.9. The molecule has 0 bridgehead atoms. The van der Waals surface area contributed by atoms with E-state index in [1.54, 1.807) is 0 Å². The highest BCUT2D eigenvalue weighted by Crippen LogP contribution is 2.41. The summed E-state index contributed by atoms with van der Waals surface area (Å²) in [5.74, 6) is -0.538. The molecule has 1 aromatic rings. The van der Waals surface area contributed by atoms with E-state index in [9.17, 15) is 18.3 Å². The lowest BCUT2D eigenvalue weighted by Crippen LogP contribution is -2.28. The number of hydrogen-bond acceptors (Lipinski definition) is 2. The van der Waals surface area contributed by atoms with Gasteiger partial charge in [0.25, 0.3) is 0 Å². The van der Waals surface area contributed by atoms with Crippen LogP contribution in [0.2, 0.25) is 5.02 Å². The van der Waals surface area contributed by atoms with Gasteiger partial charge in [-0.2, -0.15) is 13.2 Å². The Bertz CT molecular complexity index is 442. The molecule has 0 spiro atoms. The third-order valence-corrected chi connectivity index (χ3v) is 3.41. The summed E-state index contributed by atoms with van der Waals surface area (Å²) in [5, 5.41) is 12.3. The molecular formula is C12H13ClF3NO. The molecule has 2 rings (SSSR count). The average molecular weight is 280 g/mol. The normalized spacial score (nSPS) is 21.0. The largest absolute Gasteiger partial charge is 0.506 e. The number of phenolic OH excluding ortho intramolecular Hbond substituents is 1. The van der Waals surface area contributed by atoms with Gasteiger partial charge < -0.3 is 10.4 Å². The molecule has 1 aromatic carbocycles. The van der Waals surface area contributed by atoms with Crippen LogP contribution in [0, 0.1) is 0 Å². The Morgan fingerprint density at radius 1 is 1.28 bits per heavy atom. The van der Waals surface area contributed by atoms with Gasteiger partial charge in [-0.05, 0) is 37.1 Å². The van der Waals surface area contributed by atoms with Crippen molar-refractivity contribution in [3.63, 3.8) is 0 Å². The van der Waals surface area contributed by atoms with Crippen LogP contribution in [0.4, 0.5) is 13.2 Å². The number of phenols is 1. The molecule has 0 aliphatic carbocycles. The molecule has 100 valence electrons. The van der Waals surface area contributed by atoms with Crippen molar-refractivity contribution >= 4 is 11.6 Å². The maximum atomic E-state index is 12.9. The smallest absolute Gasteiger partial charge is 0.416 e. The predicted octanol–water partition coefficient (Wildman–Crippen LogP) is 3.88. The minimum Gasteiger partial charge on any atom is -0.506 e. The van der Waals surface area contributed by atoms with Crippen molar-refractivity contribution in [2.24, 2.45) is 0 Å². The van der Waals surface area contributed by atoms with Crippen LogP contribution >= 0.6 is 11.6 Å². The zero-order valence-corrected chi connectivity index (χ0v) is 10.3. The summed E-state index contributed by atoms with van der Waals surface area (Å²) in [4.78, 5) is 0. The fourth-order valence-electron chi connectivity index (χ4n) is 2.23. The highest BCUT2D eigenvalue weighted by Gasteiger charge is 2.36. The monoisotopic (exact) mass is 279 g/mol. The topological polar surface area (TPSA) is 32.3 Å². The van der Waals surface area contributed by atoms with Gasteiger partial charge in [0.2, 0.25) is 0 Å². The number of benzene rings is 1. The van der Waals surface area contributed by atoms with Crippen molar-refractivity contribution in [2.45, 2.75) is 31.5 Å². The molecule has 2 nitrogen and oxygen atoms in total. The van der Waals surface area contributed by atoms with Crippen LogP contribution in [0.5, 0.6) is 5.75 Å². The second-order valence-corrected chi connectivity index (χ2v) is 4.80. The van der Waals surface area contributed by atoms with Gasteiger partial charge in [-0.3, -0.25) is 0 Å². The summed E-state index contributed by atoms with van der Waals surface area (Å²) in [5.41, 5.74) is -0.700. The van der Waals surface area contributed by atoms with Crippen LogP contribution in [-0.4, -0.2) is 11.7 Å². The number of rotatable bonds is 1. The van der Waals surface area contributed by atoms with Gasteiger partial charge in [-0.1, -0.05) is 18.0 Å². The maximum Gasteiger partial charge on any atom is 0.416 e. The highest BCUT2D eigenvalue weighted by molar-refractivity contribution is 6.32.